The molecular formula is C12H15N4O6PS. The topological polar surface area (TPSA) is 129 Å². The van der Waals surface area contributed by atoms with Gasteiger partial charge in [-0.15, -0.1) is 0 Å². The second-order valence-electron chi connectivity index (χ2n) is 5.10. The summed E-state index contributed by atoms with van der Waals surface area (Å²) in [6, 6.07) is 0. The molecule has 3 atom stereocenters. The van der Waals surface area contributed by atoms with Crippen molar-refractivity contribution in [3.05, 3.63) is 23.0 Å². The van der Waals surface area contributed by atoms with Crippen molar-refractivity contribution >= 4 is 35.2 Å². The van der Waals surface area contributed by atoms with Crippen LogP contribution in [0.2, 0.25) is 0 Å². The van der Waals surface area contributed by atoms with Crippen LogP contribution in [0.5, 0.6) is 0 Å². The molecular weight excluding hydrogens is 359 g/mol. The van der Waals surface area contributed by atoms with Crippen molar-refractivity contribution in [1.29, 1.82) is 0 Å². The second-order valence-corrected chi connectivity index (χ2v) is 8.55. The van der Waals surface area contributed by atoms with Crippen molar-refractivity contribution in [2.45, 2.75) is 25.2 Å². The van der Waals surface area contributed by atoms with E-state index in [1.165, 1.54) is 19.8 Å². The molecule has 2 aromatic heterocycles. The Bertz CT molecular complexity index is 867. The average molecular weight is 374 g/mol. The largest absolute Gasteiger partial charge is 0.474 e. The Balaban J connectivity index is 1.69. The van der Waals surface area contributed by atoms with Gasteiger partial charge in [0.2, 0.25) is 0 Å². The summed E-state index contributed by atoms with van der Waals surface area (Å²) in [6.45, 7) is -3.33. The zero-order valence-electron chi connectivity index (χ0n) is 12.6. The first-order chi connectivity index (χ1) is 11.4. The number of H-pyrrole nitrogens is 1. The summed E-state index contributed by atoms with van der Waals surface area (Å²) < 4.78 is 17.6. The molecule has 0 radical (unpaired) electrons. The van der Waals surface area contributed by atoms with Gasteiger partial charge in [0, 0.05) is 7.11 Å². The van der Waals surface area contributed by atoms with Crippen LogP contribution in [0.4, 0.5) is 4.79 Å². The molecule has 0 spiro atoms. The van der Waals surface area contributed by atoms with Crippen molar-refractivity contribution in [2.75, 3.05) is 13.7 Å². The lowest BCUT2D eigenvalue weighted by Gasteiger charge is -2.19. The molecule has 1 fully saturated rings. The van der Waals surface area contributed by atoms with Crippen LogP contribution in [-0.4, -0.2) is 50.2 Å². The zero-order valence-corrected chi connectivity index (χ0v) is 14.3. The molecule has 3 heterocycles. The number of carbonyl (C=O) groups is 1. The number of aromatic nitrogens is 4. The predicted octanol–water partition coefficient (Wildman–Crippen LogP) is 1.45. The molecule has 1 unspecified atom stereocenters. The van der Waals surface area contributed by atoms with E-state index >= 15 is 0 Å². The number of aromatic amines is 1. The fourth-order valence-electron chi connectivity index (χ4n) is 2.46. The molecule has 0 saturated carbocycles. The van der Waals surface area contributed by atoms with Gasteiger partial charge in [0.05, 0.1) is 25.4 Å². The van der Waals surface area contributed by atoms with Gasteiger partial charge in [-0.25, -0.2) is 14.8 Å². The maximum Gasteiger partial charge on any atom is 0.388 e. The van der Waals surface area contributed by atoms with Crippen LogP contribution in [0.25, 0.3) is 11.2 Å². The molecule has 0 amide bonds. The van der Waals surface area contributed by atoms with Gasteiger partial charge in [0.15, 0.2) is 11.2 Å². The molecule has 130 valence electrons. The minimum Gasteiger partial charge on any atom is -0.474 e. The molecule has 10 nitrogen and oxygen atoms in total. The summed E-state index contributed by atoms with van der Waals surface area (Å²) in [5, 5.41) is 9.05. The van der Waals surface area contributed by atoms with E-state index in [1.807, 2.05) is 0 Å². The molecule has 1 aliphatic heterocycles. The normalized spacial score (nSPS) is 23.4. The summed E-state index contributed by atoms with van der Waals surface area (Å²) in [7, 11) is 1.22. The Hall–Kier alpha value is -1.65. The monoisotopic (exact) mass is 374 g/mol. The lowest BCUT2D eigenvalue weighted by Crippen LogP contribution is -2.17. The number of nitrogens with zero attached hydrogens (tertiary/aromatic N) is 3. The van der Waals surface area contributed by atoms with Gasteiger partial charge in [-0.2, -0.15) is 0 Å². The van der Waals surface area contributed by atoms with Gasteiger partial charge >= 0.3 is 5.71 Å². The van der Waals surface area contributed by atoms with Crippen LogP contribution in [0.1, 0.15) is 19.1 Å². The Morgan fingerprint density at radius 1 is 1.58 bits per heavy atom. The maximum absolute atomic E-state index is 11.7. The Labute approximate surface area is 140 Å². The van der Waals surface area contributed by atoms with E-state index in [2.05, 4.69) is 15.0 Å². The first-order valence-electron chi connectivity index (χ1n) is 7.04. The highest BCUT2D eigenvalue weighted by Gasteiger charge is 2.33. The smallest absolute Gasteiger partial charge is 0.388 e. The minimum atomic E-state index is -3.36. The standard InChI is InChI=1S/C12H15N4O6PS/c1-20-23(24,12(18)19)21-4-7-2-3-8(22-7)16-6-15-9-10(16)13-5-14-11(9)17/h5-8H,2-4H2,1H3,(H,18,19)(H,13,14,17)/t7-,8+,23?/m0/s1. The molecule has 1 saturated heterocycles. The first-order valence-corrected chi connectivity index (χ1v) is 9.68. The van der Waals surface area contributed by atoms with E-state index in [-0.39, 0.29) is 30.0 Å². The van der Waals surface area contributed by atoms with E-state index in [4.69, 9.17) is 30.7 Å². The summed E-state index contributed by atoms with van der Waals surface area (Å²) in [4.78, 5) is 33.4. The summed E-state index contributed by atoms with van der Waals surface area (Å²) in [5.74, 6) is 0. The van der Waals surface area contributed by atoms with E-state index in [1.54, 1.807) is 4.57 Å². The SMILES string of the molecule is COP(=S)(OC[C@@H]1CC[C@H](n2cnc3c(=O)[nH]cnc32)O1)C(=O)O. The van der Waals surface area contributed by atoms with E-state index in [0.717, 1.165) is 0 Å². The number of rotatable bonds is 6. The van der Waals surface area contributed by atoms with E-state index in [0.29, 0.717) is 18.5 Å². The Morgan fingerprint density at radius 3 is 3.08 bits per heavy atom. The number of hydrogen-bond donors (Lipinski definition) is 2. The molecule has 2 aromatic rings. The summed E-state index contributed by atoms with van der Waals surface area (Å²) >= 11 is 4.90. The van der Waals surface area contributed by atoms with Crippen LogP contribution in [0, 0.1) is 0 Å². The number of ether oxygens (including phenoxy) is 1. The Morgan fingerprint density at radius 2 is 2.38 bits per heavy atom. The number of imidazole rings is 1. The number of nitrogens with one attached hydrogen (secondary N) is 1. The minimum absolute atomic E-state index is 0.0224. The van der Waals surface area contributed by atoms with Crippen molar-refractivity contribution in [2.24, 2.45) is 0 Å². The molecule has 0 aliphatic carbocycles. The van der Waals surface area contributed by atoms with Crippen LogP contribution < -0.4 is 5.56 Å². The highest BCUT2D eigenvalue weighted by atomic mass is 32.5. The van der Waals surface area contributed by atoms with Crippen molar-refractivity contribution in [3.8, 4) is 0 Å². The first kappa shape index (κ1) is 17.2. The highest BCUT2D eigenvalue weighted by Crippen LogP contribution is 2.49. The number of hydrogen-bond acceptors (Lipinski definition) is 8. The fraction of sp³-hybridized carbons (Fsp3) is 0.500. The average Bonchev–Trinajstić information content (AvgIpc) is 3.19. The molecule has 0 bridgehead atoms. The van der Waals surface area contributed by atoms with Gasteiger partial charge in [0.25, 0.3) is 12.1 Å². The fourth-order valence-corrected chi connectivity index (χ4v) is 3.37. The third-order valence-electron chi connectivity index (χ3n) is 3.67. The van der Waals surface area contributed by atoms with Gasteiger partial charge in [-0.05, 0) is 24.6 Å². The van der Waals surface area contributed by atoms with Crippen molar-refractivity contribution in [1.82, 2.24) is 19.5 Å². The van der Waals surface area contributed by atoms with Gasteiger partial charge in [0.1, 0.15) is 6.23 Å². The summed E-state index contributed by atoms with van der Waals surface area (Å²) in [6.07, 6.45) is 3.41. The third kappa shape index (κ3) is 3.13. The van der Waals surface area contributed by atoms with Crippen LogP contribution >= 0.6 is 6.49 Å². The molecule has 1 aliphatic rings. The van der Waals surface area contributed by atoms with Crippen LogP contribution in [0.15, 0.2) is 17.4 Å². The highest BCUT2D eigenvalue weighted by molar-refractivity contribution is 8.17. The van der Waals surface area contributed by atoms with Crippen molar-refractivity contribution in [3.63, 3.8) is 0 Å². The molecule has 24 heavy (non-hydrogen) atoms. The van der Waals surface area contributed by atoms with Crippen LogP contribution in [0.3, 0.4) is 0 Å². The molecule has 2 N–H and O–H groups in total. The van der Waals surface area contributed by atoms with Crippen LogP contribution in [-0.2, 0) is 25.6 Å². The lowest BCUT2D eigenvalue weighted by atomic mass is 10.2. The molecule has 3 rings (SSSR count). The maximum atomic E-state index is 11.7. The third-order valence-corrected chi connectivity index (χ3v) is 6.34. The molecule has 0 aromatic carbocycles. The number of carboxylic acid groups (broad SMARTS) is 1. The van der Waals surface area contributed by atoms with Crippen molar-refractivity contribution < 1.29 is 23.7 Å². The second kappa shape index (κ2) is 6.69. The van der Waals surface area contributed by atoms with Gasteiger partial charge in [-0.1, -0.05) is 0 Å². The molecule has 12 heteroatoms. The van der Waals surface area contributed by atoms with Gasteiger partial charge in [-0.3, -0.25) is 9.36 Å². The van der Waals surface area contributed by atoms with E-state index in [9.17, 15) is 9.59 Å². The van der Waals surface area contributed by atoms with E-state index < -0.39 is 12.2 Å². The zero-order chi connectivity index (χ0) is 17.3. The number of fused-ring (bicyclic) bond motifs is 1. The van der Waals surface area contributed by atoms with Gasteiger partial charge < -0.3 is 23.9 Å². The quantitative estimate of drug-likeness (QED) is 0.722. The lowest BCUT2D eigenvalue weighted by molar-refractivity contribution is -0.0159. The summed E-state index contributed by atoms with van der Waals surface area (Å²) in [5.41, 5.74) is -0.933. The predicted molar refractivity (Wildman–Crippen MR) is 86.6 cm³/mol. The Kier molecular flexibility index (Phi) is 4.79.